The predicted octanol–water partition coefficient (Wildman–Crippen LogP) is 2.89. The first-order chi connectivity index (χ1) is 12.1. The molecule has 0 spiro atoms. The van der Waals surface area contributed by atoms with Crippen LogP contribution < -0.4 is 16.0 Å². The van der Waals surface area contributed by atoms with Crippen LogP contribution in [0.15, 0.2) is 48.7 Å². The highest BCUT2D eigenvalue weighted by Gasteiger charge is 2.18. The van der Waals surface area contributed by atoms with Crippen molar-refractivity contribution in [2.75, 3.05) is 11.4 Å². The minimum Gasteiger partial charge on any atom is -0.404 e. The van der Waals surface area contributed by atoms with Gasteiger partial charge in [0.2, 0.25) is 0 Å². The van der Waals surface area contributed by atoms with Crippen LogP contribution in [0.4, 0.5) is 5.69 Å². The van der Waals surface area contributed by atoms with E-state index in [1.807, 2.05) is 0 Å². The lowest BCUT2D eigenvalue weighted by Gasteiger charge is -2.32. The number of anilines is 1. The summed E-state index contributed by atoms with van der Waals surface area (Å²) in [5.41, 5.74) is 13.1. The molecule has 0 saturated heterocycles. The van der Waals surface area contributed by atoms with E-state index in [4.69, 9.17) is 11.1 Å². The van der Waals surface area contributed by atoms with Gasteiger partial charge in [0.15, 0.2) is 6.21 Å². The van der Waals surface area contributed by atoms with E-state index in [-0.39, 0.29) is 0 Å². The molecule has 2 aromatic carbocycles. The zero-order valence-electron chi connectivity index (χ0n) is 15.2. The number of fused-ring (bicyclic) bond motifs is 1. The topological polar surface area (TPSA) is 54.8 Å². The Morgan fingerprint density at radius 2 is 1.96 bits per heavy atom. The third kappa shape index (κ3) is 3.76. The highest BCUT2D eigenvalue weighted by Crippen LogP contribution is 2.31. The molecule has 0 radical (unpaired) electrons. The summed E-state index contributed by atoms with van der Waals surface area (Å²) in [6, 6.07) is 15.6. The predicted molar refractivity (Wildman–Crippen MR) is 106 cm³/mol. The van der Waals surface area contributed by atoms with Gasteiger partial charge in [0.1, 0.15) is 0 Å². The van der Waals surface area contributed by atoms with Gasteiger partial charge in [0.25, 0.3) is 0 Å². The summed E-state index contributed by atoms with van der Waals surface area (Å²) < 4.78 is 0. The molecular formula is C22H28N3+. The second kappa shape index (κ2) is 7.56. The summed E-state index contributed by atoms with van der Waals surface area (Å²) in [5, 5.41) is 5.67. The van der Waals surface area contributed by atoms with Crippen LogP contribution in [0.2, 0.25) is 0 Å². The highest BCUT2D eigenvalue weighted by atomic mass is 15.1. The second-order valence-corrected chi connectivity index (χ2v) is 7.05. The zero-order chi connectivity index (χ0) is 17.8. The minimum atomic E-state index is 0.576. The molecule has 0 aromatic heterocycles. The number of nitrogens with zero attached hydrogens (tertiary/aromatic N) is 1. The second-order valence-electron chi connectivity index (χ2n) is 7.05. The van der Waals surface area contributed by atoms with Gasteiger partial charge in [0, 0.05) is 25.0 Å². The Kier molecular flexibility index (Phi) is 5.22. The molecule has 0 unspecified atom stereocenters. The third-order valence-corrected chi connectivity index (χ3v) is 5.01. The summed E-state index contributed by atoms with van der Waals surface area (Å²) in [6.07, 6.45) is 5.42. The van der Waals surface area contributed by atoms with Crippen molar-refractivity contribution < 1.29 is 5.41 Å². The first-order valence-electron chi connectivity index (χ1n) is 9.06. The fraction of sp³-hybridized carbons (Fsp3) is 0.318. The molecule has 0 aliphatic carbocycles. The summed E-state index contributed by atoms with van der Waals surface area (Å²) >= 11 is 0. The molecule has 3 rings (SSSR count). The Balaban J connectivity index is 1.83. The third-order valence-electron chi connectivity index (χ3n) is 5.01. The number of hydrogen-bond donors (Lipinski definition) is 2. The van der Waals surface area contributed by atoms with Gasteiger partial charge in [0.05, 0.1) is 5.57 Å². The lowest BCUT2D eigenvalue weighted by Crippen LogP contribution is -2.30. The molecule has 1 heterocycles. The first kappa shape index (κ1) is 17.3. The van der Waals surface area contributed by atoms with E-state index in [2.05, 4.69) is 61.2 Å². The van der Waals surface area contributed by atoms with Gasteiger partial charge < -0.3 is 10.6 Å². The number of rotatable bonds is 5. The summed E-state index contributed by atoms with van der Waals surface area (Å²) in [7, 11) is 0. The quantitative estimate of drug-likeness (QED) is 0.826. The van der Waals surface area contributed by atoms with E-state index < -0.39 is 0 Å². The van der Waals surface area contributed by atoms with E-state index in [0.717, 1.165) is 30.6 Å². The number of benzene rings is 2. The van der Waals surface area contributed by atoms with Crippen molar-refractivity contribution >= 4 is 17.5 Å². The van der Waals surface area contributed by atoms with Crippen molar-refractivity contribution in [3.8, 4) is 0 Å². The number of aryl methyl sites for hydroxylation is 1. The molecule has 0 bridgehead atoms. The molecule has 1 aliphatic rings. The molecule has 130 valence electrons. The maximum atomic E-state index is 5.67. The number of allylic oxidation sites excluding steroid dienone is 1. The van der Waals surface area contributed by atoms with Gasteiger partial charge in [-0.15, -0.1) is 0 Å². The molecule has 25 heavy (non-hydrogen) atoms. The highest BCUT2D eigenvalue weighted by molar-refractivity contribution is 6.06. The fourth-order valence-electron chi connectivity index (χ4n) is 3.50. The molecule has 3 heteroatoms. The van der Waals surface area contributed by atoms with Gasteiger partial charge in [-0.2, -0.15) is 0 Å². The van der Waals surface area contributed by atoms with Gasteiger partial charge in [-0.3, -0.25) is 5.41 Å². The van der Waals surface area contributed by atoms with Crippen LogP contribution in [0.3, 0.4) is 0 Å². The van der Waals surface area contributed by atoms with Crippen molar-refractivity contribution in [2.24, 2.45) is 5.73 Å². The summed E-state index contributed by atoms with van der Waals surface area (Å²) in [5.74, 6) is 0.576. The van der Waals surface area contributed by atoms with Crippen LogP contribution in [-0.4, -0.2) is 12.8 Å². The summed E-state index contributed by atoms with van der Waals surface area (Å²) in [4.78, 5) is 2.48. The summed E-state index contributed by atoms with van der Waals surface area (Å²) in [6.45, 7) is 6.51. The zero-order valence-corrected chi connectivity index (χ0v) is 15.2. The van der Waals surface area contributed by atoms with Crippen molar-refractivity contribution in [2.45, 2.75) is 39.2 Å². The van der Waals surface area contributed by atoms with Crippen LogP contribution in [0.1, 0.15) is 48.4 Å². The van der Waals surface area contributed by atoms with E-state index in [1.54, 1.807) is 12.4 Å². The SMILES string of the molecule is CC(C)c1ccc(CN2CCCc3cc(/C(C=[NH2+])=C/N)ccc32)cc1. The standard InChI is InChI=1S/C22H27N3/c1-16(2)18-7-5-17(6-8-18)15-25-11-3-4-20-12-19(9-10-22(20)25)21(13-23)14-24/h5-10,12-14,16,23H,3-4,11,15,24H2,1-2H3/p+1/b21-14+,23-13?. The van der Waals surface area contributed by atoms with Gasteiger partial charge in [-0.25, -0.2) is 0 Å². The smallest absolute Gasteiger partial charge is 0.169 e. The van der Waals surface area contributed by atoms with E-state index >= 15 is 0 Å². The van der Waals surface area contributed by atoms with Crippen LogP contribution in [-0.2, 0) is 13.0 Å². The molecule has 2 aromatic rings. The van der Waals surface area contributed by atoms with Gasteiger partial charge in [-0.05, 0) is 53.1 Å². The normalized spacial score (nSPS) is 14.5. The van der Waals surface area contributed by atoms with Gasteiger partial charge in [-0.1, -0.05) is 44.2 Å². The molecule has 3 nitrogen and oxygen atoms in total. The Labute approximate surface area is 150 Å². The van der Waals surface area contributed by atoms with Crippen molar-refractivity contribution in [3.63, 3.8) is 0 Å². The van der Waals surface area contributed by atoms with Gasteiger partial charge >= 0.3 is 0 Å². The number of hydrogen-bond acceptors (Lipinski definition) is 2. The lowest BCUT2D eigenvalue weighted by atomic mass is 9.96. The van der Waals surface area contributed by atoms with Crippen LogP contribution in [0.5, 0.6) is 0 Å². The fourth-order valence-corrected chi connectivity index (χ4v) is 3.50. The van der Waals surface area contributed by atoms with Crippen molar-refractivity contribution in [3.05, 3.63) is 70.9 Å². The molecule has 1 aliphatic heterocycles. The molecular weight excluding hydrogens is 306 g/mol. The Bertz CT molecular complexity index is 772. The molecule has 0 amide bonds. The van der Waals surface area contributed by atoms with Crippen LogP contribution >= 0.6 is 0 Å². The van der Waals surface area contributed by atoms with Crippen molar-refractivity contribution in [1.29, 1.82) is 0 Å². The number of nitrogens with two attached hydrogens (primary N) is 2. The Morgan fingerprint density at radius 1 is 1.20 bits per heavy atom. The molecule has 0 fully saturated rings. The minimum absolute atomic E-state index is 0.576. The van der Waals surface area contributed by atoms with E-state index in [9.17, 15) is 0 Å². The maximum absolute atomic E-state index is 5.67. The lowest BCUT2D eigenvalue weighted by molar-refractivity contribution is -0.103. The molecule has 0 atom stereocenters. The first-order valence-corrected chi connectivity index (χ1v) is 9.06. The largest absolute Gasteiger partial charge is 0.404 e. The molecule has 0 saturated carbocycles. The molecule has 4 N–H and O–H groups in total. The van der Waals surface area contributed by atoms with Crippen molar-refractivity contribution in [1.82, 2.24) is 0 Å². The maximum Gasteiger partial charge on any atom is 0.169 e. The average molecular weight is 334 g/mol. The van der Waals surface area contributed by atoms with Crippen LogP contribution in [0.25, 0.3) is 5.57 Å². The Hall–Kier alpha value is -2.55. The Morgan fingerprint density at radius 3 is 2.60 bits per heavy atom. The monoisotopic (exact) mass is 334 g/mol. The average Bonchev–Trinajstić information content (AvgIpc) is 2.63. The van der Waals surface area contributed by atoms with Crippen LogP contribution in [0, 0.1) is 0 Å². The van der Waals surface area contributed by atoms with E-state index in [1.165, 1.54) is 28.8 Å². The van der Waals surface area contributed by atoms with E-state index in [0.29, 0.717) is 5.92 Å².